The molecule has 1 aliphatic carbocycles. The molecule has 0 radical (unpaired) electrons. The second-order valence-electron chi connectivity index (χ2n) is 10.5. The summed E-state index contributed by atoms with van der Waals surface area (Å²) >= 11 is 1.31. The van der Waals surface area contributed by atoms with Crippen molar-refractivity contribution in [3.63, 3.8) is 0 Å². The van der Waals surface area contributed by atoms with E-state index in [0.29, 0.717) is 27.0 Å². The van der Waals surface area contributed by atoms with Gasteiger partial charge < -0.3 is 20.7 Å². The number of urea groups is 1. The number of aryl methyl sites for hydroxylation is 1. The number of hydrogen-bond acceptors (Lipinski definition) is 6. The average Bonchev–Trinajstić information content (AvgIpc) is 3.72. The van der Waals surface area contributed by atoms with Crippen molar-refractivity contribution in [3.8, 4) is 11.5 Å². The van der Waals surface area contributed by atoms with Crippen LogP contribution in [0.1, 0.15) is 52.4 Å². The van der Waals surface area contributed by atoms with Crippen LogP contribution in [-0.4, -0.2) is 36.1 Å². The van der Waals surface area contributed by atoms with Crippen molar-refractivity contribution in [2.75, 3.05) is 23.3 Å². The van der Waals surface area contributed by atoms with Crippen LogP contribution >= 0.6 is 11.3 Å². The molecule has 3 aliphatic rings. The van der Waals surface area contributed by atoms with Gasteiger partial charge in [-0.25, -0.2) is 9.78 Å². The highest BCUT2D eigenvalue weighted by Crippen LogP contribution is 2.47. The van der Waals surface area contributed by atoms with Gasteiger partial charge in [0.1, 0.15) is 21.2 Å². The molecule has 3 N–H and O–H groups in total. The molecule has 4 aromatic rings. The van der Waals surface area contributed by atoms with E-state index in [1.807, 2.05) is 43.3 Å². The van der Waals surface area contributed by atoms with Gasteiger partial charge in [0, 0.05) is 18.8 Å². The first-order valence-electron chi connectivity index (χ1n) is 13.5. The van der Waals surface area contributed by atoms with Gasteiger partial charge in [0.05, 0.1) is 22.4 Å². The molecule has 0 spiro atoms. The van der Waals surface area contributed by atoms with E-state index in [4.69, 9.17) is 4.74 Å². The van der Waals surface area contributed by atoms with E-state index in [-0.39, 0.29) is 18.0 Å². The monoisotopic (exact) mass is 539 g/mol. The number of ether oxygens (including phenoxy) is 1. The van der Waals surface area contributed by atoms with Crippen LogP contribution < -0.4 is 25.6 Å². The molecule has 1 atom stereocenters. The van der Waals surface area contributed by atoms with Gasteiger partial charge in [0.15, 0.2) is 0 Å². The molecule has 7 rings (SSSR count). The van der Waals surface area contributed by atoms with E-state index < -0.39 is 0 Å². The first-order chi connectivity index (χ1) is 19.1. The van der Waals surface area contributed by atoms with Crippen LogP contribution in [0.25, 0.3) is 10.2 Å². The Balaban J connectivity index is 1.20. The Morgan fingerprint density at radius 1 is 1.13 bits per heavy atom. The van der Waals surface area contributed by atoms with Crippen LogP contribution in [0.5, 0.6) is 11.5 Å². The van der Waals surface area contributed by atoms with Gasteiger partial charge in [-0.1, -0.05) is 18.2 Å². The zero-order valence-corrected chi connectivity index (χ0v) is 22.4. The van der Waals surface area contributed by atoms with Crippen LogP contribution in [-0.2, 0) is 0 Å². The number of pyridine rings is 1. The van der Waals surface area contributed by atoms with Gasteiger partial charge in [0.25, 0.3) is 5.91 Å². The average molecular weight is 540 g/mol. The van der Waals surface area contributed by atoms with Crippen LogP contribution in [0, 0.1) is 6.92 Å². The molecule has 198 valence electrons. The molecule has 0 bridgehead atoms. The number of thiophene rings is 1. The Bertz CT molecular complexity index is 1610. The molecule has 2 aromatic heterocycles. The summed E-state index contributed by atoms with van der Waals surface area (Å²) in [5.41, 5.74) is 4.15. The van der Waals surface area contributed by atoms with E-state index >= 15 is 0 Å². The van der Waals surface area contributed by atoms with Crippen molar-refractivity contribution < 1.29 is 14.3 Å². The molecular formula is C30H29N5O3S. The Labute approximate surface area is 230 Å². The number of nitrogens with one attached hydrogen (secondary N) is 3. The standard InChI is InChI=1S/C30H29N5O3S/c1-17-15-20(38-24-7-3-2-6-21(24)18-8-9-18)10-11-22(17)35-23-12-14-32-29-25(23)26(34-30(35)37)27(39-29)28(36)33-19-5-4-13-31-16-19/h2-3,6-7,10-12,14-15,18-19,31H,4-5,8-9,13,16H2,1H3,(H,33,36)(H,34,37). The van der Waals surface area contributed by atoms with Gasteiger partial charge in [-0.15, -0.1) is 11.3 Å². The topological polar surface area (TPSA) is 95.6 Å². The molecule has 39 heavy (non-hydrogen) atoms. The van der Waals surface area contributed by atoms with Crippen LogP contribution in [0.2, 0.25) is 0 Å². The van der Waals surface area contributed by atoms with E-state index in [2.05, 4.69) is 33.1 Å². The summed E-state index contributed by atoms with van der Waals surface area (Å²) in [4.78, 5) is 34.2. The highest BCUT2D eigenvalue weighted by molar-refractivity contribution is 7.21. The summed E-state index contributed by atoms with van der Waals surface area (Å²) in [5.74, 6) is 2.02. The van der Waals surface area contributed by atoms with Crippen molar-refractivity contribution in [1.29, 1.82) is 0 Å². The predicted octanol–water partition coefficient (Wildman–Crippen LogP) is 6.44. The summed E-state index contributed by atoms with van der Waals surface area (Å²) in [5, 5.41) is 10.2. The number of hydrogen-bond donors (Lipinski definition) is 3. The number of benzene rings is 2. The van der Waals surface area contributed by atoms with E-state index in [9.17, 15) is 9.59 Å². The number of para-hydroxylation sites is 1. The number of aromatic nitrogens is 1. The van der Waals surface area contributed by atoms with Crippen molar-refractivity contribution in [2.45, 2.75) is 44.6 Å². The van der Waals surface area contributed by atoms with Gasteiger partial charge in [-0.3, -0.25) is 9.69 Å². The maximum absolute atomic E-state index is 13.5. The number of nitrogens with zero attached hydrogens (tertiary/aromatic N) is 2. The fourth-order valence-corrected chi connectivity index (χ4v) is 6.61. The quantitative estimate of drug-likeness (QED) is 0.262. The van der Waals surface area contributed by atoms with Crippen molar-refractivity contribution in [3.05, 3.63) is 70.7 Å². The fourth-order valence-electron chi connectivity index (χ4n) is 5.58. The first kappa shape index (κ1) is 24.1. The highest BCUT2D eigenvalue weighted by atomic mass is 32.1. The normalized spacial score (nSPS) is 18.6. The van der Waals surface area contributed by atoms with Crippen molar-refractivity contribution in [1.82, 2.24) is 15.6 Å². The molecule has 2 aromatic carbocycles. The Kier molecular flexibility index (Phi) is 5.97. The second-order valence-corrected chi connectivity index (χ2v) is 11.5. The Hall–Kier alpha value is -3.95. The number of carbonyl (C=O) groups is 2. The molecule has 4 heterocycles. The zero-order valence-electron chi connectivity index (χ0n) is 21.6. The minimum Gasteiger partial charge on any atom is -0.457 e. The lowest BCUT2D eigenvalue weighted by molar-refractivity contribution is 0.0935. The van der Waals surface area contributed by atoms with Crippen molar-refractivity contribution in [2.24, 2.45) is 0 Å². The molecular weight excluding hydrogens is 510 g/mol. The van der Waals surface area contributed by atoms with E-state index in [1.165, 1.54) is 29.7 Å². The maximum atomic E-state index is 13.5. The third-order valence-corrected chi connectivity index (χ3v) is 8.75. The largest absolute Gasteiger partial charge is 0.457 e. The smallest absolute Gasteiger partial charge is 0.331 e. The van der Waals surface area contributed by atoms with E-state index in [0.717, 1.165) is 54.1 Å². The SMILES string of the molecule is Cc1cc(Oc2ccccc2C2CC2)ccc1N1C(=O)Nc2c(C(=O)NC3CCCNC3)sc3nccc1c23. The summed E-state index contributed by atoms with van der Waals surface area (Å²) in [7, 11) is 0. The maximum Gasteiger partial charge on any atom is 0.331 e. The molecule has 2 aliphatic heterocycles. The molecule has 1 unspecified atom stereocenters. The lowest BCUT2D eigenvalue weighted by atomic mass is 10.1. The zero-order chi connectivity index (χ0) is 26.5. The van der Waals surface area contributed by atoms with Crippen molar-refractivity contribution >= 4 is 50.6 Å². The molecule has 2 fully saturated rings. The molecule has 1 saturated heterocycles. The highest BCUT2D eigenvalue weighted by Gasteiger charge is 2.34. The number of piperidine rings is 1. The van der Waals surface area contributed by atoms with Gasteiger partial charge in [0.2, 0.25) is 0 Å². The minimum atomic E-state index is -0.308. The molecule has 1 saturated carbocycles. The number of rotatable bonds is 6. The fraction of sp³-hybridized carbons (Fsp3) is 0.300. The van der Waals surface area contributed by atoms with Crippen LogP contribution in [0.4, 0.5) is 21.9 Å². The van der Waals surface area contributed by atoms with Gasteiger partial charge in [-0.05, 0) is 86.5 Å². The first-order valence-corrected chi connectivity index (χ1v) is 14.3. The molecule has 3 amide bonds. The van der Waals surface area contributed by atoms with Gasteiger partial charge >= 0.3 is 6.03 Å². The predicted molar refractivity (Wildman–Crippen MR) is 154 cm³/mol. The number of anilines is 3. The minimum absolute atomic E-state index is 0.0755. The lowest BCUT2D eigenvalue weighted by Crippen LogP contribution is -2.45. The second kappa shape index (κ2) is 9.66. The third kappa shape index (κ3) is 4.41. The third-order valence-electron chi connectivity index (χ3n) is 7.66. The summed E-state index contributed by atoms with van der Waals surface area (Å²) in [6.07, 6.45) is 6.06. The summed E-state index contributed by atoms with van der Waals surface area (Å²) < 4.78 is 6.29. The summed E-state index contributed by atoms with van der Waals surface area (Å²) in [6, 6.07) is 15.6. The summed E-state index contributed by atoms with van der Waals surface area (Å²) in [6.45, 7) is 3.70. The lowest BCUT2D eigenvalue weighted by Gasteiger charge is -2.30. The molecule has 8 nitrogen and oxygen atoms in total. The Morgan fingerprint density at radius 3 is 2.79 bits per heavy atom. The Morgan fingerprint density at radius 2 is 2.00 bits per heavy atom. The molecule has 9 heteroatoms. The van der Waals surface area contributed by atoms with Crippen LogP contribution in [0.3, 0.4) is 0 Å². The van der Waals surface area contributed by atoms with Gasteiger partial charge in [-0.2, -0.15) is 0 Å². The number of carbonyl (C=O) groups excluding carboxylic acids is 2. The number of amides is 3. The van der Waals surface area contributed by atoms with E-state index in [1.54, 1.807) is 11.1 Å². The van der Waals surface area contributed by atoms with Crippen LogP contribution in [0.15, 0.2) is 54.7 Å².